The van der Waals surface area contributed by atoms with Crippen molar-refractivity contribution in [1.29, 1.82) is 0 Å². The first-order valence-corrected chi connectivity index (χ1v) is 6.63. The summed E-state index contributed by atoms with van der Waals surface area (Å²) < 4.78 is 7.26. The summed E-state index contributed by atoms with van der Waals surface area (Å²) in [4.78, 5) is 13.7. The highest BCUT2D eigenvalue weighted by molar-refractivity contribution is 6.31. The number of hydrogen-bond donors (Lipinski definition) is 0. The molecule has 0 aromatic carbocycles. The Balaban J connectivity index is 1.87. The van der Waals surface area contributed by atoms with Crippen molar-refractivity contribution in [2.45, 2.75) is 45.3 Å². The second kappa shape index (κ2) is 5.27. The lowest BCUT2D eigenvalue weighted by molar-refractivity contribution is 0.0185. The predicted octanol–water partition coefficient (Wildman–Crippen LogP) is 1.25. The predicted molar refractivity (Wildman–Crippen MR) is 73.7 cm³/mol. The molecule has 19 heavy (non-hydrogen) atoms. The Labute approximate surface area is 115 Å². The third-order valence-corrected chi connectivity index (χ3v) is 3.11. The molecule has 102 valence electrons. The first kappa shape index (κ1) is 14.0. The van der Waals surface area contributed by atoms with Crippen molar-refractivity contribution in [2.24, 2.45) is 0 Å². The molecule has 0 N–H and O–H groups in total. The summed E-state index contributed by atoms with van der Waals surface area (Å²) in [5.74, 6) is 0. The van der Waals surface area contributed by atoms with E-state index in [2.05, 4.69) is 5.10 Å². The molecule has 6 heteroatoms. The Morgan fingerprint density at radius 1 is 1.42 bits per heavy atom. The number of ether oxygens (including phenoxy) is 1. The van der Waals surface area contributed by atoms with Gasteiger partial charge in [0.2, 0.25) is 0 Å². The standard InChI is InChI=1S/C13H20BN3O2/c1-13(2,3)19-12(18)16-6-4-11(5-7-16)17-9-10(14)8-15-17/h8-9,11H,4-7H2,1-3H3. The molecule has 2 radical (unpaired) electrons. The first-order valence-electron chi connectivity index (χ1n) is 6.63. The third-order valence-electron chi connectivity index (χ3n) is 3.11. The van der Waals surface area contributed by atoms with Gasteiger partial charge in [0, 0.05) is 25.5 Å². The van der Waals surface area contributed by atoms with E-state index in [1.54, 1.807) is 11.1 Å². The van der Waals surface area contributed by atoms with Gasteiger partial charge in [0.1, 0.15) is 13.4 Å². The molecule has 0 spiro atoms. The van der Waals surface area contributed by atoms with Gasteiger partial charge in [0.15, 0.2) is 0 Å². The largest absolute Gasteiger partial charge is 0.444 e. The Hall–Kier alpha value is -1.46. The quantitative estimate of drug-likeness (QED) is 0.715. The number of nitrogens with zero attached hydrogens (tertiary/aromatic N) is 3. The van der Waals surface area contributed by atoms with Gasteiger partial charge < -0.3 is 9.64 Å². The Morgan fingerprint density at radius 3 is 2.53 bits per heavy atom. The smallest absolute Gasteiger partial charge is 0.410 e. The number of amides is 1. The summed E-state index contributed by atoms with van der Waals surface area (Å²) in [6.07, 6.45) is 5.01. The fraction of sp³-hybridized carbons (Fsp3) is 0.692. The minimum atomic E-state index is -0.440. The van der Waals surface area contributed by atoms with E-state index < -0.39 is 5.60 Å². The highest BCUT2D eigenvalue weighted by Gasteiger charge is 2.27. The van der Waals surface area contributed by atoms with Crippen LogP contribution in [0.3, 0.4) is 0 Å². The van der Waals surface area contributed by atoms with Gasteiger partial charge in [0.25, 0.3) is 0 Å². The minimum Gasteiger partial charge on any atom is -0.444 e. The van der Waals surface area contributed by atoms with E-state index >= 15 is 0 Å². The number of aromatic nitrogens is 2. The first-order chi connectivity index (χ1) is 8.85. The lowest BCUT2D eigenvalue weighted by Crippen LogP contribution is -2.42. The SMILES string of the molecule is [B]c1cnn(C2CCN(C(=O)OC(C)(C)C)CC2)c1. The molecule has 1 aromatic rings. The van der Waals surface area contributed by atoms with Gasteiger partial charge in [-0.15, -0.1) is 0 Å². The molecule has 1 fully saturated rings. The topological polar surface area (TPSA) is 47.4 Å². The molecule has 0 unspecified atom stereocenters. The maximum atomic E-state index is 11.9. The molecule has 0 bridgehead atoms. The summed E-state index contributed by atoms with van der Waals surface area (Å²) in [5, 5.41) is 4.23. The van der Waals surface area contributed by atoms with Crippen LogP contribution in [0.2, 0.25) is 0 Å². The number of piperidine rings is 1. The molecular formula is C13H20BN3O2. The summed E-state index contributed by atoms with van der Waals surface area (Å²) >= 11 is 0. The van der Waals surface area contributed by atoms with Crippen molar-refractivity contribution in [1.82, 2.24) is 14.7 Å². The average molecular weight is 261 g/mol. The molecule has 1 saturated heterocycles. The second-order valence-electron chi connectivity index (χ2n) is 5.95. The Morgan fingerprint density at radius 2 is 2.05 bits per heavy atom. The van der Waals surface area contributed by atoms with Crippen molar-refractivity contribution in [3.63, 3.8) is 0 Å². The van der Waals surface area contributed by atoms with E-state index in [9.17, 15) is 4.79 Å². The van der Waals surface area contributed by atoms with Gasteiger partial charge in [-0.3, -0.25) is 4.68 Å². The summed E-state index contributed by atoms with van der Waals surface area (Å²) in [6.45, 7) is 7.02. The number of carbonyl (C=O) groups is 1. The maximum Gasteiger partial charge on any atom is 0.410 e. The van der Waals surface area contributed by atoms with E-state index in [1.807, 2.05) is 31.6 Å². The molecule has 1 aliphatic rings. The number of carbonyl (C=O) groups excluding carboxylic acids is 1. The van der Waals surface area contributed by atoms with Gasteiger partial charge in [-0.2, -0.15) is 5.10 Å². The summed E-state index contributed by atoms with van der Waals surface area (Å²) in [7, 11) is 5.66. The van der Waals surface area contributed by atoms with Crippen LogP contribution >= 0.6 is 0 Å². The molecule has 1 aromatic heterocycles. The van der Waals surface area contributed by atoms with Crippen molar-refractivity contribution >= 4 is 19.4 Å². The highest BCUT2D eigenvalue weighted by Crippen LogP contribution is 2.22. The fourth-order valence-electron chi connectivity index (χ4n) is 2.19. The Bertz CT molecular complexity index is 445. The number of rotatable bonds is 1. The van der Waals surface area contributed by atoms with E-state index in [0.29, 0.717) is 24.6 Å². The maximum absolute atomic E-state index is 11.9. The lowest BCUT2D eigenvalue weighted by atomic mass is 10.0. The third kappa shape index (κ3) is 3.75. The van der Waals surface area contributed by atoms with Crippen molar-refractivity contribution in [3.8, 4) is 0 Å². The van der Waals surface area contributed by atoms with E-state index in [-0.39, 0.29) is 6.09 Å². The van der Waals surface area contributed by atoms with Crippen LogP contribution in [0.1, 0.15) is 39.7 Å². The lowest BCUT2D eigenvalue weighted by Gasteiger charge is -2.33. The monoisotopic (exact) mass is 261 g/mol. The van der Waals surface area contributed by atoms with E-state index in [0.717, 1.165) is 12.8 Å². The molecule has 2 heterocycles. The minimum absolute atomic E-state index is 0.231. The summed E-state index contributed by atoms with van der Waals surface area (Å²) in [6, 6.07) is 0.316. The van der Waals surface area contributed by atoms with Crippen molar-refractivity contribution in [3.05, 3.63) is 12.4 Å². The second-order valence-corrected chi connectivity index (χ2v) is 5.95. The van der Waals surface area contributed by atoms with Crippen LogP contribution in [-0.2, 0) is 4.74 Å². The van der Waals surface area contributed by atoms with Crippen LogP contribution in [-0.4, -0.2) is 47.3 Å². The highest BCUT2D eigenvalue weighted by atomic mass is 16.6. The molecule has 2 rings (SSSR count). The zero-order chi connectivity index (χ0) is 14.0. The van der Waals surface area contributed by atoms with Crippen LogP contribution < -0.4 is 5.46 Å². The van der Waals surface area contributed by atoms with Crippen LogP contribution in [0.15, 0.2) is 12.4 Å². The van der Waals surface area contributed by atoms with Crippen molar-refractivity contribution in [2.75, 3.05) is 13.1 Å². The molecule has 1 amide bonds. The molecule has 0 aliphatic carbocycles. The Kier molecular flexibility index (Phi) is 3.87. The molecule has 0 atom stereocenters. The van der Waals surface area contributed by atoms with Gasteiger partial charge in [0.05, 0.1) is 6.04 Å². The van der Waals surface area contributed by atoms with Crippen LogP contribution in [0.25, 0.3) is 0 Å². The number of likely N-dealkylation sites (tertiary alicyclic amines) is 1. The van der Waals surface area contributed by atoms with Crippen molar-refractivity contribution < 1.29 is 9.53 Å². The van der Waals surface area contributed by atoms with Gasteiger partial charge in [-0.05, 0) is 33.6 Å². The van der Waals surface area contributed by atoms with Gasteiger partial charge in [-0.1, -0.05) is 5.46 Å². The van der Waals surface area contributed by atoms with Gasteiger partial charge in [-0.25, -0.2) is 4.79 Å². The average Bonchev–Trinajstić information content (AvgIpc) is 2.74. The molecule has 1 aliphatic heterocycles. The fourth-order valence-corrected chi connectivity index (χ4v) is 2.19. The van der Waals surface area contributed by atoms with E-state index in [1.165, 1.54) is 0 Å². The normalized spacial score (nSPS) is 17.5. The molecule has 5 nitrogen and oxygen atoms in total. The van der Waals surface area contributed by atoms with Crippen LogP contribution in [0.4, 0.5) is 4.79 Å². The van der Waals surface area contributed by atoms with Crippen LogP contribution in [0, 0.1) is 0 Å². The zero-order valence-corrected chi connectivity index (χ0v) is 11.8. The number of hydrogen-bond acceptors (Lipinski definition) is 3. The molecule has 0 saturated carbocycles. The summed E-state index contributed by atoms with van der Waals surface area (Å²) in [5.41, 5.74) is 0.235. The van der Waals surface area contributed by atoms with E-state index in [4.69, 9.17) is 12.6 Å². The zero-order valence-electron chi connectivity index (χ0n) is 11.8. The van der Waals surface area contributed by atoms with Gasteiger partial charge >= 0.3 is 6.09 Å². The molecular weight excluding hydrogens is 241 g/mol. The van der Waals surface area contributed by atoms with Crippen LogP contribution in [0.5, 0.6) is 0 Å².